The van der Waals surface area contributed by atoms with Gasteiger partial charge in [-0.25, -0.2) is 4.39 Å². The number of carbonyl (C=O) groups is 1. The molecule has 2 N–H and O–H groups in total. The highest BCUT2D eigenvalue weighted by molar-refractivity contribution is 6.05. The van der Waals surface area contributed by atoms with Gasteiger partial charge in [-0.3, -0.25) is 20.0 Å². The van der Waals surface area contributed by atoms with Gasteiger partial charge in [-0.2, -0.15) is 9.49 Å². The number of nitro groups is 1. The zero-order valence-electron chi connectivity index (χ0n) is 11.0. The number of aromatic nitrogens is 2. The third kappa shape index (κ3) is 2.57. The molecule has 0 spiro atoms. The van der Waals surface area contributed by atoms with Crippen molar-refractivity contribution in [2.45, 2.75) is 13.8 Å². The molecule has 0 fully saturated rings. The number of anilines is 1. The summed E-state index contributed by atoms with van der Waals surface area (Å²) in [5, 5.41) is 19.2. The van der Waals surface area contributed by atoms with Gasteiger partial charge in [-0.05, 0) is 19.9 Å². The van der Waals surface area contributed by atoms with E-state index in [9.17, 15) is 23.7 Å². The first-order chi connectivity index (χ1) is 9.82. The van der Waals surface area contributed by atoms with Gasteiger partial charge >= 0.3 is 5.69 Å². The lowest BCUT2D eigenvalue weighted by molar-refractivity contribution is -0.387. The lowest BCUT2D eigenvalue weighted by atomic mass is 10.1. The van der Waals surface area contributed by atoms with Crippen LogP contribution in [0, 0.1) is 35.6 Å². The fourth-order valence-corrected chi connectivity index (χ4v) is 1.67. The number of hydrogen-bond acceptors (Lipinski definition) is 4. The first-order valence-electron chi connectivity index (χ1n) is 5.78. The van der Waals surface area contributed by atoms with E-state index < -0.39 is 33.7 Å². The molecule has 0 atom stereocenters. The van der Waals surface area contributed by atoms with Crippen molar-refractivity contribution in [1.29, 1.82) is 0 Å². The number of hydrogen-bond donors (Lipinski definition) is 2. The number of nitrogens with zero attached hydrogens (tertiary/aromatic N) is 2. The fraction of sp³-hybridized carbons (Fsp3) is 0.167. The zero-order chi connectivity index (χ0) is 15.7. The fourth-order valence-electron chi connectivity index (χ4n) is 1.67. The number of aryl methyl sites for hydroxylation is 1. The van der Waals surface area contributed by atoms with Gasteiger partial charge in [-0.15, -0.1) is 0 Å². The third-order valence-electron chi connectivity index (χ3n) is 2.98. The highest BCUT2D eigenvalue weighted by Gasteiger charge is 2.26. The van der Waals surface area contributed by atoms with Crippen molar-refractivity contribution in [3.05, 3.63) is 50.7 Å². The van der Waals surface area contributed by atoms with E-state index in [-0.39, 0.29) is 5.82 Å². The lowest BCUT2D eigenvalue weighted by Crippen LogP contribution is -2.17. The van der Waals surface area contributed by atoms with Crippen molar-refractivity contribution in [3.63, 3.8) is 0 Å². The van der Waals surface area contributed by atoms with Crippen LogP contribution in [0.4, 0.5) is 20.3 Å². The minimum Gasteiger partial charge on any atom is -0.305 e. The molecular formula is C12H10F2N4O3. The summed E-state index contributed by atoms with van der Waals surface area (Å²) in [4.78, 5) is 21.5. The van der Waals surface area contributed by atoms with E-state index in [0.29, 0.717) is 23.4 Å². The van der Waals surface area contributed by atoms with Crippen LogP contribution in [0.5, 0.6) is 0 Å². The minimum atomic E-state index is -1.53. The van der Waals surface area contributed by atoms with Crippen LogP contribution in [0.3, 0.4) is 0 Å². The number of aromatic amines is 1. The number of halogens is 2. The highest BCUT2D eigenvalue weighted by atomic mass is 19.1. The molecule has 0 unspecified atom stereocenters. The van der Waals surface area contributed by atoms with Gasteiger partial charge in [0.2, 0.25) is 5.82 Å². The van der Waals surface area contributed by atoms with E-state index in [4.69, 9.17) is 0 Å². The molecule has 7 nitrogen and oxygen atoms in total. The first kappa shape index (κ1) is 14.6. The van der Waals surface area contributed by atoms with E-state index in [1.807, 2.05) is 0 Å². The third-order valence-corrected chi connectivity index (χ3v) is 2.98. The Morgan fingerprint density at radius 2 is 2.05 bits per heavy atom. The Labute approximate surface area is 117 Å². The summed E-state index contributed by atoms with van der Waals surface area (Å²) in [6.07, 6.45) is 0. The Kier molecular flexibility index (Phi) is 3.66. The quantitative estimate of drug-likeness (QED) is 0.671. The molecule has 2 aromatic rings. The molecule has 9 heteroatoms. The van der Waals surface area contributed by atoms with Crippen LogP contribution in [-0.4, -0.2) is 21.0 Å². The van der Waals surface area contributed by atoms with Gasteiger partial charge in [0.1, 0.15) is 11.4 Å². The minimum absolute atomic E-state index is 0.0998. The average Bonchev–Trinajstić information content (AvgIpc) is 2.70. The molecule has 0 saturated heterocycles. The van der Waals surface area contributed by atoms with Crippen molar-refractivity contribution in [2.75, 3.05) is 5.32 Å². The molecule has 1 heterocycles. The normalized spacial score (nSPS) is 10.5. The van der Waals surface area contributed by atoms with Crippen LogP contribution in [0.1, 0.15) is 21.6 Å². The summed E-state index contributed by atoms with van der Waals surface area (Å²) < 4.78 is 27.5. The molecule has 2 rings (SSSR count). The number of nitro benzene ring substituents is 1. The number of H-pyrrole nitrogens is 1. The second kappa shape index (κ2) is 5.27. The largest absolute Gasteiger partial charge is 0.305 e. The Morgan fingerprint density at radius 3 is 2.57 bits per heavy atom. The SMILES string of the molecule is Cc1[nH]nc(NC(=O)c2c(F)ccc([N+](=O)[O-])c2F)c1C. The first-order valence-corrected chi connectivity index (χ1v) is 5.78. The standard InChI is InChI=1S/C12H10F2N4O3/c1-5-6(2)16-17-11(5)15-12(19)9-7(13)3-4-8(10(9)14)18(20)21/h3-4H,1-2H3,(H2,15,16,17,19). The smallest absolute Gasteiger partial charge is 0.305 e. The second-order valence-corrected chi connectivity index (χ2v) is 4.29. The van der Waals surface area contributed by atoms with E-state index in [0.717, 1.165) is 0 Å². The Morgan fingerprint density at radius 1 is 1.38 bits per heavy atom. The maximum absolute atomic E-state index is 13.9. The maximum atomic E-state index is 13.9. The number of carbonyl (C=O) groups excluding carboxylic acids is 1. The van der Waals surface area contributed by atoms with Crippen molar-refractivity contribution in [3.8, 4) is 0 Å². The average molecular weight is 296 g/mol. The molecule has 0 saturated carbocycles. The molecule has 0 aliphatic carbocycles. The van der Waals surface area contributed by atoms with Crippen LogP contribution in [0.2, 0.25) is 0 Å². The summed E-state index contributed by atoms with van der Waals surface area (Å²) in [6.45, 7) is 3.35. The van der Waals surface area contributed by atoms with Gasteiger partial charge < -0.3 is 5.32 Å². The van der Waals surface area contributed by atoms with E-state index >= 15 is 0 Å². The van der Waals surface area contributed by atoms with Crippen LogP contribution in [0.15, 0.2) is 12.1 Å². The number of amides is 1. The molecule has 21 heavy (non-hydrogen) atoms. The summed E-state index contributed by atoms with van der Waals surface area (Å²) >= 11 is 0. The Hall–Kier alpha value is -2.84. The Balaban J connectivity index is 2.42. The highest BCUT2D eigenvalue weighted by Crippen LogP contribution is 2.24. The summed E-state index contributed by atoms with van der Waals surface area (Å²) in [7, 11) is 0. The molecule has 0 aliphatic heterocycles. The molecule has 0 radical (unpaired) electrons. The number of rotatable bonds is 3. The number of nitrogens with one attached hydrogen (secondary N) is 2. The topological polar surface area (TPSA) is 101 Å². The molecule has 0 bridgehead atoms. The maximum Gasteiger partial charge on any atom is 0.305 e. The van der Waals surface area contributed by atoms with E-state index in [1.165, 1.54) is 0 Å². The van der Waals surface area contributed by atoms with Crippen molar-refractivity contribution >= 4 is 17.4 Å². The molecule has 1 amide bonds. The predicted octanol–water partition coefficient (Wildman–Crippen LogP) is 2.47. The molecular weight excluding hydrogens is 286 g/mol. The van der Waals surface area contributed by atoms with Crippen molar-refractivity contribution in [2.24, 2.45) is 0 Å². The molecule has 0 aliphatic rings. The van der Waals surface area contributed by atoms with Crippen LogP contribution >= 0.6 is 0 Å². The molecule has 1 aromatic carbocycles. The van der Waals surface area contributed by atoms with Crippen LogP contribution in [0.25, 0.3) is 0 Å². The summed E-state index contributed by atoms with van der Waals surface area (Å²) in [5.41, 5.74) is -0.736. The van der Waals surface area contributed by atoms with Crippen LogP contribution in [-0.2, 0) is 0 Å². The summed E-state index contributed by atoms with van der Waals surface area (Å²) in [5.74, 6) is -3.77. The predicted molar refractivity (Wildman–Crippen MR) is 69.0 cm³/mol. The molecule has 110 valence electrons. The van der Waals surface area contributed by atoms with Gasteiger partial charge in [0.05, 0.1) is 4.92 Å². The number of benzene rings is 1. The molecule has 1 aromatic heterocycles. The van der Waals surface area contributed by atoms with E-state index in [2.05, 4.69) is 15.5 Å². The second-order valence-electron chi connectivity index (χ2n) is 4.29. The monoisotopic (exact) mass is 296 g/mol. The van der Waals surface area contributed by atoms with Crippen molar-refractivity contribution < 1.29 is 18.5 Å². The van der Waals surface area contributed by atoms with Gasteiger partial charge in [0.15, 0.2) is 5.82 Å². The zero-order valence-corrected chi connectivity index (χ0v) is 11.0. The van der Waals surface area contributed by atoms with Gasteiger partial charge in [0, 0.05) is 17.3 Å². The van der Waals surface area contributed by atoms with Gasteiger partial charge in [-0.1, -0.05) is 0 Å². The lowest BCUT2D eigenvalue weighted by Gasteiger charge is -2.06. The van der Waals surface area contributed by atoms with Crippen molar-refractivity contribution in [1.82, 2.24) is 10.2 Å². The summed E-state index contributed by atoms with van der Waals surface area (Å²) in [6, 6.07) is 1.32. The van der Waals surface area contributed by atoms with E-state index in [1.54, 1.807) is 13.8 Å². The van der Waals surface area contributed by atoms with Gasteiger partial charge in [0.25, 0.3) is 5.91 Å². The van der Waals surface area contributed by atoms with Crippen LogP contribution < -0.4 is 5.32 Å². The Bertz CT molecular complexity index is 742.